The summed E-state index contributed by atoms with van der Waals surface area (Å²) in [6.45, 7) is 1.58. The number of ether oxygens (including phenoxy) is 2. The summed E-state index contributed by atoms with van der Waals surface area (Å²) < 4.78 is 32.0. The van der Waals surface area contributed by atoms with Crippen molar-refractivity contribution in [3.63, 3.8) is 0 Å². The van der Waals surface area contributed by atoms with Crippen LogP contribution < -0.4 is 5.32 Å². The molecule has 2 aromatic carbocycles. The Kier molecular flexibility index (Phi) is 8.20. The average Bonchev–Trinajstić information content (AvgIpc) is 3.12. The van der Waals surface area contributed by atoms with Crippen LogP contribution in [0.3, 0.4) is 0 Å². The normalized spacial score (nSPS) is 12.8. The molecule has 3 rings (SSSR count). The fourth-order valence-corrected chi connectivity index (χ4v) is 3.41. The second kappa shape index (κ2) is 11.1. The zero-order valence-electron chi connectivity index (χ0n) is 18.6. The van der Waals surface area contributed by atoms with Gasteiger partial charge >= 0.3 is 20.1 Å². The number of amides is 1. The number of imidazole rings is 1. The van der Waals surface area contributed by atoms with Crippen LogP contribution in [-0.2, 0) is 29.8 Å². The van der Waals surface area contributed by atoms with E-state index < -0.39 is 39.7 Å². The molecule has 1 unspecified atom stereocenters. The highest BCUT2D eigenvalue weighted by Crippen LogP contribution is 2.44. The standard InChI is InChI=1S/C21H22N3O10P/c1-13(2)34-21(28)31-12-33-35(29,30)32-11-24-17-9-8-15(18(25)14-6-4-3-5-7-14)10-16(17)22-19(24)23-20(26)27/h3-10,13H,11-12H2,1-2H3,(H,22,23)(H,26,27)(H,29,30). The number of carboxylic acid groups (broad SMARTS) is 1. The van der Waals surface area contributed by atoms with Gasteiger partial charge in [0.15, 0.2) is 5.78 Å². The third kappa shape index (κ3) is 7.11. The number of rotatable bonds is 10. The number of anilines is 1. The lowest BCUT2D eigenvalue weighted by Crippen LogP contribution is -2.15. The lowest BCUT2D eigenvalue weighted by atomic mass is 10.0. The highest BCUT2D eigenvalue weighted by molar-refractivity contribution is 7.47. The van der Waals surface area contributed by atoms with E-state index in [2.05, 4.69) is 24.3 Å². The number of fused-ring (bicyclic) bond motifs is 1. The fourth-order valence-electron chi connectivity index (χ4n) is 2.88. The average molecular weight is 507 g/mol. The second-order valence-electron chi connectivity index (χ2n) is 7.23. The minimum absolute atomic E-state index is 0.228. The maximum Gasteiger partial charge on any atom is 0.510 e. The molecule has 1 aromatic heterocycles. The van der Waals surface area contributed by atoms with Crippen LogP contribution in [0.25, 0.3) is 11.0 Å². The van der Waals surface area contributed by atoms with Crippen LogP contribution in [0.2, 0.25) is 0 Å². The second-order valence-corrected chi connectivity index (χ2v) is 8.68. The lowest BCUT2D eigenvalue weighted by Gasteiger charge is -2.14. The predicted molar refractivity (Wildman–Crippen MR) is 121 cm³/mol. The van der Waals surface area contributed by atoms with E-state index in [4.69, 9.17) is 9.63 Å². The largest absolute Gasteiger partial charge is 0.510 e. The van der Waals surface area contributed by atoms with Crippen molar-refractivity contribution in [1.29, 1.82) is 0 Å². The van der Waals surface area contributed by atoms with E-state index in [0.29, 0.717) is 16.6 Å². The van der Waals surface area contributed by atoms with Gasteiger partial charge in [-0.05, 0) is 32.0 Å². The third-order valence-electron chi connectivity index (χ3n) is 4.34. The Morgan fingerprint density at radius 1 is 1.09 bits per heavy atom. The van der Waals surface area contributed by atoms with Crippen molar-refractivity contribution in [2.75, 3.05) is 12.1 Å². The highest BCUT2D eigenvalue weighted by atomic mass is 31.2. The molecule has 0 aliphatic heterocycles. The highest BCUT2D eigenvalue weighted by Gasteiger charge is 2.25. The predicted octanol–water partition coefficient (Wildman–Crippen LogP) is 3.97. The van der Waals surface area contributed by atoms with Gasteiger partial charge in [-0.2, -0.15) is 0 Å². The Labute approximate surface area is 198 Å². The van der Waals surface area contributed by atoms with Crippen LogP contribution in [0.1, 0.15) is 29.8 Å². The summed E-state index contributed by atoms with van der Waals surface area (Å²) in [5.41, 5.74) is 1.29. The van der Waals surface area contributed by atoms with E-state index >= 15 is 0 Å². The van der Waals surface area contributed by atoms with Gasteiger partial charge in [-0.1, -0.05) is 30.3 Å². The summed E-state index contributed by atoms with van der Waals surface area (Å²) in [6, 6.07) is 13.0. The molecule has 1 amide bonds. The van der Waals surface area contributed by atoms with Crippen LogP contribution in [0.15, 0.2) is 48.5 Å². The van der Waals surface area contributed by atoms with Crippen molar-refractivity contribution in [3.05, 3.63) is 59.7 Å². The number of phosphoric ester groups is 1. The van der Waals surface area contributed by atoms with E-state index in [-0.39, 0.29) is 17.2 Å². The Hall–Kier alpha value is -3.77. The summed E-state index contributed by atoms with van der Waals surface area (Å²) >= 11 is 0. The number of ketones is 1. The van der Waals surface area contributed by atoms with Crippen LogP contribution in [0, 0.1) is 0 Å². The summed E-state index contributed by atoms with van der Waals surface area (Å²) in [4.78, 5) is 49.2. The number of carbonyl (C=O) groups excluding carboxylic acids is 2. The number of benzene rings is 2. The van der Waals surface area contributed by atoms with Crippen molar-refractivity contribution in [3.8, 4) is 0 Å². The van der Waals surface area contributed by atoms with Gasteiger partial charge in [0.1, 0.15) is 6.73 Å². The molecule has 3 aromatic rings. The number of phosphoric acid groups is 1. The van der Waals surface area contributed by atoms with Gasteiger partial charge in [0.25, 0.3) is 0 Å². The molecule has 13 nitrogen and oxygen atoms in total. The van der Waals surface area contributed by atoms with Crippen molar-refractivity contribution in [2.24, 2.45) is 0 Å². The number of nitrogens with zero attached hydrogens (tertiary/aromatic N) is 2. The molecule has 0 bridgehead atoms. The summed E-state index contributed by atoms with van der Waals surface area (Å²) in [5.74, 6) is -0.496. The van der Waals surface area contributed by atoms with E-state index in [1.165, 1.54) is 18.2 Å². The topological polar surface area (TPSA) is 176 Å². The first-order valence-electron chi connectivity index (χ1n) is 10.1. The maximum atomic E-state index is 12.7. The molecule has 0 saturated heterocycles. The number of aromatic nitrogens is 2. The minimum Gasteiger partial charge on any atom is -0.465 e. The number of hydrogen-bond donors (Lipinski definition) is 3. The third-order valence-corrected chi connectivity index (χ3v) is 5.21. The van der Waals surface area contributed by atoms with Gasteiger partial charge in [-0.3, -0.25) is 19.2 Å². The first-order chi connectivity index (χ1) is 16.6. The monoisotopic (exact) mass is 507 g/mol. The Morgan fingerprint density at radius 3 is 2.46 bits per heavy atom. The molecule has 3 N–H and O–H groups in total. The molecule has 0 radical (unpaired) electrons. The van der Waals surface area contributed by atoms with Gasteiger partial charge in [0.05, 0.1) is 17.1 Å². The molecular weight excluding hydrogens is 485 g/mol. The van der Waals surface area contributed by atoms with E-state index in [9.17, 15) is 23.8 Å². The quantitative estimate of drug-likeness (QED) is 0.157. The van der Waals surface area contributed by atoms with Crippen molar-refractivity contribution in [1.82, 2.24) is 9.55 Å². The zero-order chi connectivity index (χ0) is 25.6. The van der Waals surface area contributed by atoms with Crippen molar-refractivity contribution in [2.45, 2.75) is 26.7 Å². The van der Waals surface area contributed by atoms with E-state index in [1.807, 2.05) is 0 Å². The zero-order valence-corrected chi connectivity index (χ0v) is 19.5. The molecule has 0 spiro atoms. The van der Waals surface area contributed by atoms with Crippen LogP contribution in [0.4, 0.5) is 15.5 Å². The SMILES string of the molecule is CC(C)OC(=O)OCOP(=O)(O)OCn1c(NC(=O)O)nc2cc(C(=O)c3ccccc3)ccc21. The van der Waals surface area contributed by atoms with Gasteiger partial charge in [-0.25, -0.2) is 23.7 Å². The molecule has 1 heterocycles. The van der Waals surface area contributed by atoms with Gasteiger partial charge in [0.2, 0.25) is 12.7 Å². The fraction of sp³-hybridized carbons (Fsp3) is 0.238. The molecule has 186 valence electrons. The number of hydrogen-bond acceptors (Lipinski definition) is 9. The molecule has 14 heteroatoms. The van der Waals surface area contributed by atoms with Crippen LogP contribution >= 0.6 is 7.82 Å². The number of nitrogens with one attached hydrogen (secondary N) is 1. The van der Waals surface area contributed by atoms with E-state index in [0.717, 1.165) is 4.57 Å². The first-order valence-corrected chi connectivity index (χ1v) is 11.6. The van der Waals surface area contributed by atoms with Crippen LogP contribution in [0.5, 0.6) is 0 Å². The summed E-state index contributed by atoms with van der Waals surface area (Å²) in [6.07, 6.45) is -3.00. The Balaban J connectivity index is 1.77. The molecular formula is C21H22N3O10P. The summed E-state index contributed by atoms with van der Waals surface area (Å²) in [5, 5.41) is 11.2. The molecule has 1 atom stereocenters. The smallest absolute Gasteiger partial charge is 0.465 e. The lowest BCUT2D eigenvalue weighted by molar-refractivity contribution is -0.0218. The van der Waals surface area contributed by atoms with Gasteiger partial charge < -0.3 is 19.5 Å². The van der Waals surface area contributed by atoms with Crippen LogP contribution in [-0.4, -0.2) is 50.5 Å². The summed E-state index contributed by atoms with van der Waals surface area (Å²) in [7, 11) is -4.73. The molecule has 0 saturated carbocycles. The molecule has 0 aliphatic carbocycles. The maximum absolute atomic E-state index is 12.7. The molecule has 35 heavy (non-hydrogen) atoms. The van der Waals surface area contributed by atoms with Gasteiger partial charge in [-0.15, -0.1) is 0 Å². The number of carbonyl (C=O) groups is 3. The minimum atomic E-state index is -4.73. The first kappa shape index (κ1) is 25.8. The Bertz CT molecular complexity index is 1280. The molecule has 0 fully saturated rings. The van der Waals surface area contributed by atoms with Gasteiger partial charge in [0, 0.05) is 11.1 Å². The van der Waals surface area contributed by atoms with Crippen molar-refractivity contribution < 1.29 is 47.5 Å². The Morgan fingerprint density at radius 2 is 1.80 bits per heavy atom. The van der Waals surface area contributed by atoms with Crippen molar-refractivity contribution >= 4 is 42.8 Å². The molecule has 0 aliphatic rings. The van der Waals surface area contributed by atoms with E-state index in [1.54, 1.807) is 44.2 Å².